The van der Waals surface area contributed by atoms with E-state index >= 15 is 0 Å². The average molecular weight is 403 g/mol. The van der Waals surface area contributed by atoms with Crippen LogP contribution in [0.15, 0.2) is 41.3 Å². The predicted molar refractivity (Wildman–Crippen MR) is 110 cm³/mol. The molecular weight excluding hydrogens is 376 g/mol. The molecule has 2 aromatic carbocycles. The Hall–Kier alpha value is -2.54. The van der Waals surface area contributed by atoms with E-state index in [4.69, 9.17) is 4.74 Å². The lowest BCUT2D eigenvalue weighted by molar-refractivity contribution is -0.127. The average Bonchev–Trinajstić information content (AvgIpc) is 2.72. The molecule has 150 valence electrons. The molecule has 1 heterocycles. The highest BCUT2D eigenvalue weighted by molar-refractivity contribution is 7.92. The summed E-state index contributed by atoms with van der Waals surface area (Å²) >= 11 is 0. The fourth-order valence-electron chi connectivity index (χ4n) is 3.23. The first-order valence-electron chi connectivity index (χ1n) is 9.24. The monoisotopic (exact) mass is 402 g/mol. The van der Waals surface area contributed by atoms with Gasteiger partial charge in [0.05, 0.1) is 21.7 Å². The number of benzene rings is 2. The number of sulfonamides is 1. The lowest BCUT2D eigenvalue weighted by atomic mass is 9.93. The number of carbonyl (C=O) groups is 1. The zero-order valence-electron chi connectivity index (χ0n) is 16.9. The summed E-state index contributed by atoms with van der Waals surface area (Å²) in [6.07, 6.45) is 0. The van der Waals surface area contributed by atoms with Crippen molar-refractivity contribution in [1.29, 1.82) is 0 Å². The third-order valence-corrected chi connectivity index (χ3v) is 6.39. The molecule has 0 saturated heterocycles. The molecule has 0 radical (unpaired) electrons. The van der Waals surface area contributed by atoms with Crippen LogP contribution in [0.5, 0.6) is 5.75 Å². The van der Waals surface area contributed by atoms with Crippen LogP contribution in [-0.4, -0.2) is 27.5 Å². The largest absolute Gasteiger partial charge is 0.490 e. The third kappa shape index (κ3) is 3.71. The van der Waals surface area contributed by atoms with Gasteiger partial charge in [0.15, 0.2) is 0 Å². The minimum atomic E-state index is -3.74. The Labute approximate surface area is 166 Å². The minimum absolute atomic E-state index is 0.0162. The minimum Gasteiger partial charge on any atom is -0.490 e. The molecule has 0 aromatic heterocycles. The van der Waals surface area contributed by atoms with Crippen molar-refractivity contribution in [2.24, 2.45) is 5.41 Å². The molecule has 0 saturated carbocycles. The number of ether oxygens (including phenoxy) is 1. The summed E-state index contributed by atoms with van der Waals surface area (Å²) in [6, 6.07) is 10.3. The van der Waals surface area contributed by atoms with Crippen molar-refractivity contribution < 1.29 is 17.9 Å². The fraction of sp³-hybridized carbons (Fsp3) is 0.381. The van der Waals surface area contributed by atoms with Gasteiger partial charge >= 0.3 is 0 Å². The summed E-state index contributed by atoms with van der Waals surface area (Å²) in [7, 11) is -3.74. The standard InChI is InChI=1S/C21H26N2O4S/c1-6-23-17-10-9-16(12-18(17)27-13-21(4,5)20(23)24)22-28(25,26)19-11-14(2)7-8-15(19)3/h7-12,22H,6,13H2,1-5H3. The van der Waals surface area contributed by atoms with Crippen molar-refractivity contribution in [2.75, 3.05) is 22.8 Å². The SMILES string of the molecule is CCN1C(=O)C(C)(C)COc2cc(NS(=O)(=O)c3cc(C)ccc3C)ccc21. The van der Waals surface area contributed by atoms with Gasteiger partial charge in [0.1, 0.15) is 12.4 Å². The Balaban J connectivity index is 1.98. The number of amides is 1. The van der Waals surface area contributed by atoms with E-state index in [0.29, 0.717) is 29.2 Å². The number of nitrogens with zero attached hydrogens (tertiary/aromatic N) is 1. The second-order valence-electron chi connectivity index (χ2n) is 7.78. The Morgan fingerprint density at radius 1 is 1.14 bits per heavy atom. The first-order chi connectivity index (χ1) is 13.0. The van der Waals surface area contributed by atoms with Gasteiger partial charge in [0, 0.05) is 12.6 Å². The summed E-state index contributed by atoms with van der Waals surface area (Å²) in [4.78, 5) is 14.7. The Morgan fingerprint density at radius 2 is 1.86 bits per heavy atom. The number of carbonyl (C=O) groups excluding carboxylic acids is 1. The zero-order valence-corrected chi connectivity index (χ0v) is 17.7. The van der Waals surface area contributed by atoms with Crippen LogP contribution >= 0.6 is 0 Å². The summed E-state index contributed by atoms with van der Waals surface area (Å²) in [5.41, 5.74) is 1.92. The van der Waals surface area contributed by atoms with Gasteiger partial charge in [-0.1, -0.05) is 12.1 Å². The van der Waals surface area contributed by atoms with E-state index in [0.717, 1.165) is 5.56 Å². The van der Waals surface area contributed by atoms with Crippen LogP contribution in [0.2, 0.25) is 0 Å². The number of aryl methyl sites for hydroxylation is 2. The maximum absolute atomic E-state index is 12.9. The molecular formula is C21H26N2O4S. The lowest BCUT2D eigenvalue weighted by Crippen LogP contribution is -2.42. The lowest BCUT2D eigenvalue weighted by Gasteiger charge is -2.26. The molecule has 28 heavy (non-hydrogen) atoms. The molecule has 1 amide bonds. The molecule has 3 rings (SSSR count). The summed E-state index contributed by atoms with van der Waals surface area (Å²) in [6.45, 7) is 9.94. The predicted octanol–water partition coefficient (Wildman–Crippen LogP) is 3.88. The first kappa shape index (κ1) is 20.2. The quantitative estimate of drug-likeness (QED) is 0.842. The molecule has 0 atom stereocenters. The molecule has 0 bridgehead atoms. The molecule has 1 aliphatic rings. The molecule has 0 aliphatic carbocycles. The smallest absolute Gasteiger partial charge is 0.262 e. The molecule has 0 spiro atoms. The molecule has 7 heteroatoms. The van der Waals surface area contributed by atoms with Crippen LogP contribution in [0, 0.1) is 19.3 Å². The van der Waals surface area contributed by atoms with Crippen LogP contribution in [0.25, 0.3) is 0 Å². The van der Waals surface area contributed by atoms with Crippen LogP contribution in [-0.2, 0) is 14.8 Å². The third-order valence-electron chi connectivity index (χ3n) is 4.86. The molecule has 2 aromatic rings. The van der Waals surface area contributed by atoms with Crippen molar-refractivity contribution in [2.45, 2.75) is 39.5 Å². The zero-order chi connectivity index (χ0) is 20.7. The Morgan fingerprint density at radius 3 is 2.54 bits per heavy atom. The van der Waals surface area contributed by atoms with Gasteiger partial charge in [-0.15, -0.1) is 0 Å². The van der Waals surface area contributed by atoms with Crippen LogP contribution in [0.4, 0.5) is 11.4 Å². The van der Waals surface area contributed by atoms with Crippen LogP contribution in [0.3, 0.4) is 0 Å². The molecule has 0 fully saturated rings. The van der Waals surface area contributed by atoms with E-state index in [-0.39, 0.29) is 17.4 Å². The highest BCUT2D eigenvalue weighted by Crippen LogP contribution is 2.38. The number of anilines is 2. The van der Waals surface area contributed by atoms with E-state index in [1.807, 2.05) is 33.8 Å². The highest BCUT2D eigenvalue weighted by Gasteiger charge is 2.37. The van der Waals surface area contributed by atoms with Crippen LogP contribution < -0.4 is 14.4 Å². The summed E-state index contributed by atoms with van der Waals surface area (Å²) in [5.74, 6) is 0.472. The van der Waals surface area contributed by atoms with Crippen molar-refractivity contribution in [3.05, 3.63) is 47.5 Å². The second-order valence-corrected chi connectivity index (χ2v) is 9.43. The number of rotatable bonds is 4. The van der Waals surface area contributed by atoms with E-state index in [1.54, 1.807) is 42.2 Å². The number of nitrogens with one attached hydrogen (secondary N) is 1. The number of hydrogen-bond acceptors (Lipinski definition) is 4. The van der Waals surface area contributed by atoms with Gasteiger partial charge in [0.2, 0.25) is 5.91 Å². The van der Waals surface area contributed by atoms with Crippen molar-refractivity contribution in [1.82, 2.24) is 0 Å². The highest BCUT2D eigenvalue weighted by atomic mass is 32.2. The van der Waals surface area contributed by atoms with Gasteiger partial charge in [-0.2, -0.15) is 0 Å². The van der Waals surface area contributed by atoms with Gasteiger partial charge in [-0.3, -0.25) is 9.52 Å². The Bertz CT molecular complexity index is 1030. The fourth-order valence-corrected chi connectivity index (χ4v) is 4.61. The van der Waals surface area contributed by atoms with Crippen molar-refractivity contribution in [3.63, 3.8) is 0 Å². The molecule has 1 N–H and O–H groups in total. The van der Waals surface area contributed by atoms with Gasteiger partial charge in [-0.25, -0.2) is 8.42 Å². The molecule has 1 aliphatic heterocycles. The van der Waals surface area contributed by atoms with E-state index in [9.17, 15) is 13.2 Å². The van der Waals surface area contributed by atoms with E-state index < -0.39 is 15.4 Å². The second kappa shape index (κ2) is 7.13. The maximum Gasteiger partial charge on any atom is 0.262 e. The van der Waals surface area contributed by atoms with Crippen molar-refractivity contribution in [3.8, 4) is 5.75 Å². The summed E-state index contributed by atoms with van der Waals surface area (Å²) in [5, 5.41) is 0. The number of fused-ring (bicyclic) bond motifs is 1. The Kier molecular flexibility index (Phi) is 5.14. The molecule has 6 nitrogen and oxygen atoms in total. The van der Waals surface area contributed by atoms with E-state index in [2.05, 4.69) is 4.72 Å². The molecule has 0 unspecified atom stereocenters. The van der Waals surface area contributed by atoms with Gasteiger partial charge < -0.3 is 9.64 Å². The van der Waals surface area contributed by atoms with Gasteiger partial charge in [0.25, 0.3) is 10.0 Å². The topological polar surface area (TPSA) is 75.7 Å². The number of hydrogen-bond donors (Lipinski definition) is 1. The van der Waals surface area contributed by atoms with Crippen LogP contribution in [0.1, 0.15) is 31.9 Å². The summed E-state index contributed by atoms with van der Waals surface area (Å²) < 4.78 is 34.2. The van der Waals surface area contributed by atoms with Gasteiger partial charge in [-0.05, 0) is 63.9 Å². The first-order valence-corrected chi connectivity index (χ1v) is 10.7. The van der Waals surface area contributed by atoms with Crippen molar-refractivity contribution >= 4 is 27.3 Å². The normalized spacial score (nSPS) is 16.2. The van der Waals surface area contributed by atoms with E-state index in [1.165, 1.54) is 0 Å². The maximum atomic E-state index is 12.9.